The van der Waals surface area contributed by atoms with Crippen molar-refractivity contribution in [1.29, 1.82) is 0 Å². The van der Waals surface area contributed by atoms with E-state index in [4.69, 9.17) is 4.74 Å². The van der Waals surface area contributed by atoms with Crippen LogP contribution < -0.4 is 0 Å². The zero-order chi connectivity index (χ0) is 13.3. The van der Waals surface area contributed by atoms with Gasteiger partial charge in [-0.25, -0.2) is 0 Å². The smallest absolute Gasteiger partial charge is 0.255 e. The molecule has 1 aromatic carbocycles. The van der Waals surface area contributed by atoms with Gasteiger partial charge < -0.3 is 9.64 Å². The van der Waals surface area contributed by atoms with Crippen molar-refractivity contribution in [3.05, 3.63) is 28.2 Å². The fourth-order valence-corrected chi connectivity index (χ4v) is 2.87. The number of hydrogen-bond acceptors (Lipinski definition) is 3. The summed E-state index contributed by atoms with van der Waals surface area (Å²) in [6, 6.07) is 5.63. The zero-order valence-corrected chi connectivity index (χ0v) is 12.9. The van der Waals surface area contributed by atoms with Crippen molar-refractivity contribution in [3.8, 4) is 0 Å². The highest BCUT2D eigenvalue weighted by atomic mass is 79.9. The molecule has 1 fully saturated rings. The molecule has 0 N–H and O–H groups in total. The lowest BCUT2D eigenvalue weighted by Crippen LogP contribution is -2.41. The van der Waals surface area contributed by atoms with E-state index >= 15 is 0 Å². The highest BCUT2D eigenvalue weighted by Gasteiger charge is 2.31. The number of carbonyl (C=O) groups is 1. The summed E-state index contributed by atoms with van der Waals surface area (Å²) < 4.78 is 6.30. The fraction of sp³-hybridized carbons (Fsp3) is 0.462. The predicted octanol–water partition coefficient (Wildman–Crippen LogP) is 2.99. The third-order valence-corrected chi connectivity index (χ3v) is 4.30. The minimum atomic E-state index is 0.000116. The Morgan fingerprint density at radius 3 is 2.89 bits per heavy atom. The van der Waals surface area contributed by atoms with E-state index in [1.165, 1.54) is 0 Å². The molecule has 0 spiro atoms. The minimum Gasteiger partial charge on any atom is -0.376 e. The molecular formula is C13H16BrNO2S. The Labute approximate surface area is 121 Å². The van der Waals surface area contributed by atoms with Crippen LogP contribution in [0, 0.1) is 0 Å². The summed E-state index contributed by atoms with van der Waals surface area (Å²) in [6.07, 6.45) is 0.985. The van der Waals surface area contributed by atoms with Crippen LogP contribution in [0.3, 0.4) is 0 Å². The number of halogens is 1. The Bertz CT molecular complexity index is 466. The Balaban J connectivity index is 2.22. The Kier molecular flexibility index (Phi) is 4.35. The van der Waals surface area contributed by atoms with Crippen LogP contribution >= 0.6 is 28.6 Å². The van der Waals surface area contributed by atoms with Crippen LogP contribution in [0.4, 0.5) is 0 Å². The number of ether oxygens (including phenoxy) is 1. The van der Waals surface area contributed by atoms with Gasteiger partial charge in [-0.05, 0) is 47.5 Å². The quantitative estimate of drug-likeness (QED) is 0.845. The van der Waals surface area contributed by atoms with Crippen LogP contribution in [0.5, 0.6) is 0 Å². The molecule has 1 aromatic rings. The van der Waals surface area contributed by atoms with Gasteiger partial charge in [-0.15, -0.1) is 12.6 Å². The van der Waals surface area contributed by atoms with E-state index in [0.29, 0.717) is 5.56 Å². The van der Waals surface area contributed by atoms with Crippen molar-refractivity contribution in [1.82, 2.24) is 4.90 Å². The standard InChI is InChI=1S/C13H16BrNO2S/c1-8-12(5-6-17-8)15(2)13(16)10-7-9(18)3-4-11(10)14/h3-4,7-8,12,18H,5-6H2,1-2H3. The Hall–Kier alpha value is -0.520. The van der Waals surface area contributed by atoms with E-state index in [-0.39, 0.29) is 18.1 Å². The lowest BCUT2D eigenvalue weighted by Gasteiger charge is -2.27. The zero-order valence-electron chi connectivity index (χ0n) is 10.4. The molecule has 2 atom stereocenters. The van der Waals surface area contributed by atoms with E-state index in [0.717, 1.165) is 22.4 Å². The van der Waals surface area contributed by atoms with E-state index in [9.17, 15) is 4.79 Å². The molecule has 1 amide bonds. The number of thiol groups is 1. The molecule has 0 bridgehead atoms. The lowest BCUT2D eigenvalue weighted by atomic mass is 10.1. The fourth-order valence-electron chi connectivity index (χ4n) is 2.25. The molecule has 98 valence electrons. The summed E-state index contributed by atoms with van der Waals surface area (Å²) in [5, 5.41) is 0. The van der Waals surface area contributed by atoms with Crippen molar-refractivity contribution in [2.75, 3.05) is 13.7 Å². The van der Waals surface area contributed by atoms with Gasteiger partial charge in [-0.1, -0.05) is 0 Å². The first-order valence-electron chi connectivity index (χ1n) is 5.88. The van der Waals surface area contributed by atoms with Crippen molar-refractivity contribution >= 4 is 34.5 Å². The average molecular weight is 330 g/mol. The van der Waals surface area contributed by atoms with E-state index in [2.05, 4.69) is 28.6 Å². The maximum atomic E-state index is 12.5. The number of likely N-dealkylation sites (N-methyl/N-ethyl adjacent to an activating group) is 1. The second-order valence-electron chi connectivity index (χ2n) is 4.51. The van der Waals surface area contributed by atoms with Crippen molar-refractivity contribution in [3.63, 3.8) is 0 Å². The van der Waals surface area contributed by atoms with Crippen LogP contribution in [-0.4, -0.2) is 36.6 Å². The van der Waals surface area contributed by atoms with Crippen LogP contribution in [0.15, 0.2) is 27.6 Å². The van der Waals surface area contributed by atoms with Crippen LogP contribution in [-0.2, 0) is 4.74 Å². The van der Waals surface area contributed by atoms with Gasteiger partial charge in [0, 0.05) is 23.0 Å². The molecule has 2 rings (SSSR count). The maximum Gasteiger partial charge on any atom is 0.255 e. The van der Waals surface area contributed by atoms with Gasteiger partial charge in [0.05, 0.1) is 17.7 Å². The summed E-state index contributed by atoms with van der Waals surface area (Å²) in [7, 11) is 1.83. The predicted molar refractivity (Wildman–Crippen MR) is 77.3 cm³/mol. The summed E-state index contributed by atoms with van der Waals surface area (Å²) in [4.78, 5) is 15.0. The van der Waals surface area contributed by atoms with Gasteiger partial charge >= 0.3 is 0 Å². The number of amides is 1. The molecule has 0 radical (unpaired) electrons. The first-order valence-corrected chi connectivity index (χ1v) is 7.12. The van der Waals surface area contributed by atoms with Gasteiger partial charge in [0.15, 0.2) is 0 Å². The number of nitrogens with zero attached hydrogens (tertiary/aromatic N) is 1. The van der Waals surface area contributed by atoms with Crippen molar-refractivity contribution < 1.29 is 9.53 Å². The Morgan fingerprint density at radius 1 is 1.56 bits per heavy atom. The number of hydrogen-bond donors (Lipinski definition) is 1. The number of carbonyl (C=O) groups excluding carboxylic acids is 1. The van der Waals surface area contributed by atoms with Gasteiger partial charge in [0.2, 0.25) is 0 Å². The summed E-state index contributed by atoms with van der Waals surface area (Å²) in [6.45, 7) is 2.72. The van der Waals surface area contributed by atoms with Gasteiger partial charge in [0.1, 0.15) is 0 Å². The first-order chi connectivity index (χ1) is 8.50. The summed E-state index contributed by atoms with van der Waals surface area (Å²) in [5.41, 5.74) is 0.643. The SMILES string of the molecule is CC1OCCC1N(C)C(=O)c1cc(S)ccc1Br. The molecule has 5 heteroatoms. The number of benzene rings is 1. The second-order valence-corrected chi connectivity index (χ2v) is 5.88. The van der Waals surface area contributed by atoms with E-state index < -0.39 is 0 Å². The van der Waals surface area contributed by atoms with Crippen LogP contribution in [0.1, 0.15) is 23.7 Å². The van der Waals surface area contributed by atoms with Gasteiger partial charge in [0.25, 0.3) is 5.91 Å². The average Bonchev–Trinajstić information content (AvgIpc) is 2.77. The molecule has 0 aromatic heterocycles. The second kappa shape index (κ2) is 5.63. The molecule has 0 saturated carbocycles. The molecule has 0 aliphatic carbocycles. The van der Waals surface area contributed by atoms with E-state index in [1.54, 1.807) is 11.0 Å². The maximum absolute atomic E-state index is 12.5. The summed E-state index contributed by atoms with van der Waals surface area (Å²) in [5.74, 6) is 0.000116. The molecule has 2 unspecified atom stereocenters. The highest BCUT2D eigenvalue weighted by molar-refractivity contribution is 9.10. The topological polar surface area (TPSA) is 29.5 Å². The van der Waals surface area contributed by atoms with Crippen molar-refractivity contribution in [2.24, 2.45) is 0 Å². The lowest BCUT2D eigenvalue weighted by molar-refractivity contribution is 0.0573. The van der Waals surface area contributed by atoms with Crippen molar-refractivity contribution in [2.45, 2.75) is 30.4 Å². The van der Waals surface area contributed by atoms with Crippen LogP contribution in [0.2, 0.25) is 0 Å². The molecule has 18 heavy (non-hydrogen) atoms. The minimum absolute atomic E-state index is 0.000116. The first kappa shape index (κ1) is 13.9. The monoisotopic (exact) mass is 329 g/mol. The normalized spacial score (nSPS) is 23.1. The van der Waals surface area contributed by atoms with Gasteiger partial charge in [-0.3, -0.25) is 4.79 Å². The van der Waals surface area contributed by atoms with Crippen LogP contribution in [0.25, 0.3) is 0 Å². The Morgan fingerprint density at radius 2 is 2.28 bits per heavy atom. The largest absolute Gasteiger partial charge is 0.376 e. The molecular weight excluding hydrogens is 314 g/mol. The molecule has 1 heterocycles. The summed E-state index contributed by atoms with van der Waals surface area (Å²) >= 11 is 7.69. The third kappa shape index (κ3) is 2.73. The molecule has 1 aliphatic heterocycles. The third-order valence-electron chi connectivity index (χ3n) is 3.33. The van der Waals surface area contributed by atoms with E-state index in [1.807, 2.05) is 26.1 Å². The molecule has 1 saturated heterocycles. The number of rotatable bonds is 2. The highest BCUT2D eigenvalue weighted by Crippen LogP contribution is 2.25. The molecule has 3 nitrogen and oxygen atoms in total. The molecule has 1 aliphatic rings. The van der Waals surface area contributed by atoms with Gasteiger partial charge in [-0.2, -0.15) is 0 Å².